The van der Waals surface area contributed by atoms with E-state index in [9.17, 15) is 0 Å². The van der Waals surface area contributed by atoms with Crippen molar-refractivity contribution in [3.63, 3.8) is 0 Å². The Morgan fingerprint density at radius 1 is 1.44 bits per heavy atom. The molecule has 1 N–H and O–H groups in total. The maximum absolute atomic E-state index is 6.15. The van der Waals surface area contributed by atoms with Crippen molar-refractivity contribution in [2.45, 2.75) is 6.04 Å². The van der Waals surface area contributed by atoms with E-state index in [1.165, 1.54) is 5.56 Å². The number of aromatic nitrogens is 1. The van der Waals surface area contributed by atoms with Crippen LogP contribution in [0.15, 0.2) is 33.7 Å². The standard InChI is InChI=1S/C11H10BrClN2S/c1-14-11(8-5-16-6-9(8)12)7-2-3-15-4-10(7)13/h2-6,11,14H,1H3. The third-order valence-electron chi connectivity index (χ3n) is 2.36. The van der Waals surface area contributed by atoms with Gasteiger partial charge in [-0.15, -0.1) is 0 Å². The average molecular weight is 318 g/mol. The largest absolute Gasteiger partial charge is 0.309 e. The Bertz CT molecular complexity index is 486. The Hall–Kier alpha value is -0.420. The van der Waals surface area contributed by atoms with E-state index in [1.54, 1.807) is 23.7 Å². The first-order valence-electron chi connectivity index (χ1n) is 4.72. The monoisotopic (exact) mass is 316 g/mol. The lowest BCUT2D eigenvalue weighted by atomic mass is 10.0. The van der Waals surface area contributed by atoms with Gasteiger partial charge in [0.1, 0.15) is 0 Å². The molecular formula is C11H10BrClN2S. The van der Waals surface area contributed by atoms with Crippen LogP contribution in [0, 0.1) is 0 Å². The Labute approximate surface area is 112 Å². The average Bonchev–Trinajstić information content (AvgIpc) is 2.69. The highest BCUT2D eigenvalue weighted by atomic mass is 79.9. The molecule has 1 atom stereocenters. The van der Waals surface area contributed by atoms with E-state index in [4.69, 9.17) is 11.6 Å². The van der Waals surface area contributed by atoms with Crippen LogP contribution in [0.25, 0.3) is 0 Å². The van der Waals surface area contributed by atoms with Crippen LogP contribution in [0.4, 0.5) is 0 Å². The Kier molecular flexibility index (Phi) is 3.97. The Morgan fingerprint density at radius 2 is 2.25 bits per heavy atom. The van der Waals surface area contributed by atoms with E-state index >= 15 is 0 Å². The smallest absolute Gasteiger partial charge is 0.0640 e. The van der Waals surface area contributed by atoms with Crippen LogP contribution in [0.1, 0.15) is 17.2 Å². The SMILES string of the molecule is CNC(c1ccncc1Cl)c1cscc1Br. The molecule has 0 aliphatic rings. The third kappa shape index (κ3) is 2.30. The predicted molar refractivity (Wildman–Crippen MR) is 72.2 cm³/mol. The summed E-state index contributed by atoms with van der Waals surface area (Å²) in [5.74, 6) is 0. The van der Waals surface area contributed by atoms with Crippen molar-refractivity contribution < 1.29 is 0 Å². The zero-order valence-corrected chi connectivity index (χ0v) is 11.7. The van der Waals surface area contributed by atoms with Crippen LogP contribution in [0.2, 0.25) is 5.02 Å². The van der Waals surface area contributed by atoms with Crippen LogP contribution in [0.3, 0.4) is 0 Å². The van der Waals surface area contributed by atoms with E-state index in [-0.39, 0.29) is 6.04 Å². The second kappa shape index (κ2) is 5.27. The predicted octanol–water partition coefficient (Wildman–Crippen LogP) is 3.87. The summed E-state index contributed by atoms with van der Waals surface area (Å²) in [6.07, 6.45) is 3.42. The molecule has 16 heavy (non-hydrogen) atoms. The van der Waals surface area contributed by atoms with Gasteiger partial charge in [0.25, 0.3) is 0 Å². The number of halogens is 2. The molecule has 2 heterocycles. The lowest BCUT2D eigenvalue weighted by molar-refractivity contribution is 0.691. The summed E-state index contributed by atoms with van der Waals surface area (Å²) in [5.41, 5.74) is 2.24. The summed E-state index contributed by atoms with van der Waals surface area (Å²) in [6.45, 7) is 0. The molecule has 0 radical (unpaired) electrons. The fourth-order valence-electron chi connectivity index (χ4n) is 1.60. The quantitative estimate of drug-likeness (QED) is 0.929. The molecule has 5 heteroatoms. The number of nitrogens with one attached hydrogen (secondary N) is 1. The van der Waals surface area contributed by atoms with E-state index in [2.05, 4.69) is 37.0 Å². The molecule has 0 saturated heterocycles. The number of pyridine rings is 1. The normalized spacial score (nSPS) is 12.7. The van der Waals surface area contributed by atoms with Gasteiger partial charge >= 0.3 is 0 Å². The van der Waals surface area contributed by atoms with E-state index < -0.39 is 0 Å². The Morgan fingerprint density at radius 3 is 2.81 bits per heavy atom. The van der Waals surface area contributed by atoms with Crippen molar-refractivity contribution in [2.24, 2.45) is 0 Å². The molecule has 1 unspecified atom stereocenters. The van der Waals surface area contributed by atoms with Gasteiger partial charge in [-0.3, -0.25) is 4.98 Å². The summed E-state index contributed by atoms with van der Waals surface area (Å²) < 4.78 is 1.10. The highest BCUT2D eigenvalue weighted by molar-refractivity contribution is 9.10. The van der Waals surface area contributed by atoms with Crippen molar-refractivity contribution in [1.29, 1.82) is 0 Å². The first-order valence-corrected chi connectivity index (χ1v) is 6.83. The minimum absolute atomic E-state index is 0.0936. The molecular weight excluding hydrogens is 308 g/mol. The van der Waals surface area contributed by atoms with Crippen molar-refractivity contribution in [1.82, 2.24) is 10.3 Å². The maximum Gasteiger partial charge on any atom is 0.0640 e. The zero-order chi connectivity index (χ0) is 11.5. The van der Waals surface area contributed by atoms with Crippen molar-refractivity contribution in [3.05, 3.63) is 49.8 Å². The highest BCUT2D eigenvalue weighted by Crippen LogP contribution is 2.33. The fourth-order valence-corrected chi connectivity index (χ4v) is 3.38. The van der Waals surface area contributed by atoms with Gasteiger partial charge in [-0.1, -0.05) is 11.6 Å². The topological polar surface area (TPSA) is 24.9 Å². The molecule has 0 bridgehead atoms. The molecule has 0 aliphatic heterocycles. The fraction of sp³-hybridized carbons (Fsp3) is 0.182. The van der Waals surface area contributed by atoms with Crippen molar-refractivity contribution in [3.8, 4) is 0 Å². The number of rotatable bonds is 3. The molecule has 0 aliphatic carbocycles. The maximum atomic E-state index is 6.15. The number of thiophene rings is 1. The molecule has 0 amide bonds. The minimum Gasteiger partial charge on any atom is -0.309 e. The molecule has 2 aromatic heterocycles. The lowest BCUT2D eigenvalue weighted by Gasteiger charge is -2.17. The molecule has 2 nitrogen and oxygen atoms in total. The highest BCUT2D eigenvalue weighted by Gasteiger charge is 2.17. The van der Waals surface area contributed by atoms with Crippen LogP contribution in [-0.4, -0.2) is 12.0 Å². The molecule has 0 saturated carbocycles. The third-order valence-corrected chi connectivity index (χ3v) is 4.42. The van der Waals surface area contributed by atoms with Crippen LogP contribution < -0.4 is 5.32 Å². The molecule has 0 fully saturated rings. The van der Waals surface area contributed by atoms with Gasteiger partial charge < -0.3 is 5.32 Å². The summed E-state index contributed by atoms with van der Waals surface area (Å²) in [5, 5.41) is 8.12. The number of nitrogens with zero attached hydrogens (tertiary/aromatic N) is 1. The summed E-state index contributed by atoms with van der Waals surface area (Å²) in [7, 11) is 1.92. The van der Waals surface area contributed by atoms with Crippen LogP contribution in [0.5, 0.6) is 0 Å². The number of hydrogen-bond donors (Lipinski definition) is 1. The van der Waals surface area contributed by atoms with Gasteiger partial charge in [-0.2, -0.15) is 11.3 Å². The van der Waals surface area contributed by atoms with Gasteiger partial charge in [-0.05, 0) is 45.6 Å². The summed E-state index contributed by atoms with van der Waals surface area (Å²) in [6, 6.07) is 2.03. The van der Waals surface area contributed by atoms with Gasteiger partial charge in [0.2, 0.25) is 0 Å². The van der Waals surface area contributed by atoms with E-state index in [0.29, 0.717) is 5.02 Å². The zero-order valence-electron chi connectivity index (χ0n) is 8.58. The van der Waals surface area contributed by atoms with Gasteiger partial charge in [-0.25, -0.2) is 0 Å². The first-order chi connectivity index (χ1) is 7.74. The minimum atomic E-state index is 0.0936. The van der Waals surface area contributed by atoms with E-state index in [1.807, 2.05) is 13.1 Å². The molecule has 0 aromatic carbocycles. The van der Waals surface area contributed by atoms with Crippen LogP contribution in [-0.2, 0) is 0 Å². The Balaban J connectivity index is 2.45. The molecule has 84 valence electrons. The van der Waals surface area contributed by atoms with Gasteiger partial charge in [0, 0.05) is 22.2 Å². The molecule has 2 rings (SSSR count). The van der Waals surface area contributed by atoms with Gasteiger partial charge in [0.15, 0.2) is 0 Å². The van der Waals surface area contributed by atoms with E-state index in [0.717, 1.165) is 10.0 Å². The summed E-state index contributed by atoms with van der Waals surface area (Å²) in [4.78, 5) is 4.00. The van der Waals surface area contributed by atoms with Crippen LogP contribution >= 0.6 is 38.9 Å². The van der Waals surface area contributed by atoms with Crippen molar-refractivity contribution >= 4 is 38.9 Å². The number of hydrogen-bond acceptors (Lipinski definition) is 3. The second-order valence-corrected chi connectivity index (χ2v) is 5.30. The first kappa shape index (κ1) is 12.0. The second-order valence-electron chi connectivity index (χ2n) is 3.29. The lowest BCUT2D eigenvalue weighted by Crippen LogP contribution is -2.17. The molecule has 0 spiro atoms. The van der Waals surface area contributed by atoms with Crippen molar-refractivity contribution in [2.75, 3.05) is 7.05 Å². The summed E-state index contributed by atoms with van der Waals surface area (Å²) >= 11 is 11.4. The van der Waals surface area contributed by atoms with Gasteiger partial charge in [0.05, 0.1) is 11.1 Å². The molecule has 2 aromatic rings.